The summed E-state index contributed by atoms with van der Waals surface area (Å²) >= 11 is 0. The minimum atomic E-state index is -0.968. The van der Waals surface area contributed by atoms with Crippen molar-refractivity contribution in [2.24, 2.45) is 0 Å². The minimum absolute atomic E-state index is 0.217. The van der Waals surface area contributed by atoms with Crippen molar-refractivity contribution in [3.8, 4) is 11.5 Å². The second-order valence-electron chi connectivity index (χ2n) is 4.20. The fourth-order valence-electron chi connectivity index (χ4n) is 1.80. The molecule has 0 saturated heterocycles. The second kappa shape index (κ2) is 6.10. The molecule has 20 heavy (non-hydrogen) atoms. The van der Waals surface area contributed by atoms with Gasteiger partial charge in [0, 0.05) is 5.69 Å². The summed E-state index contributed by atoms with van der Waals surface area (Å²) in [7, 11) is 1.61. The maximum Gasteiger partial charge on any atom is 0.339 e. The van der Waals surface area contributed by atoms with Gasteiger partial charge in [-0.25, -0.2) is 4.79 Å². The van der Waals surface area contributed by atoms with Gasteiger partial charge in [0.25, 0.3) is 0 Å². The predicted molar refractivity (Wildman–Crippen MR) is 72.4 cm³/mol. The highest BCUT2D eigenvalue weighted by molar-refractivity contribution is 5.88. The summed E-state index contributed by atoms with van der Waals surface area (Å²) in [6, 6.07) is 7.27. The molecule has 1 aromatic heterocycles. The molecule has 0 aliphatic heterocycles. The number of rotatable bonds is 6. The summed E-state index contributed by atoms with van der Waals surface area (Å²) in [5.41, 5.74) is 0.838. The van der Waals surface area contributed by atoms with E-state index in [9.17, 15) is 4.79 Å². The van der Waals surface area contributed by atoms with Crippen LogP contribution < -0.4 is 9.47 Å². The van der Waals surface area contributed by atoms with Gasteiger partial charge in [0.2, 0.25) is 0 Å². The molecule has 0 fully saturated rings. The van der Waals surface area contributed by atoms with Crippen molar-refractivity contribution in [3.63, 3.8) is 0 Å². The van der Waals surface area contributed by atoms with Gasteiger partial charge >= 0.3 is 5.97 Å². The number of carbonyl (C=O) groups is 1. The number of carboxylic acids is 1. The monoisotopic (exact) mass is 276 g/mol. The van der Waals surface area contributed by atoms with Gasteiger partial charge in [-0.15, -0.1) is 0 Å². The quantitative estimate of drug-likeness (QED) is 0.873. The third-order valence-electron chi connectivity index (χ3n) is 2.96. The Bertz CT molecular complexity index is 590. The molecular weight excluding hydrogens is 260 g/mol. The summed E-state index contributed by atoms with van der Waals surface area (Å²) in [6.45, 7) is 2.63. The molecule has 1 N–H and O–H groups in total. The molecule has 0 radical (unpaired) electrons. The van der Waals surface area contributed by atoms with Crippen LogP contribution in [0.25, 0.3) is 0 Å². The van der Waals surface area contributed by atoms with Crippen molar-refractivity contribution in [3.05, 3.63) is 41.7 Å². The summed E-state index contributed by atoms with van der Waals surface area (Å²) in [5, 5.41) is 13.0. The molecule has 0 unspecified atom stereocenters. The lowest BCUT2D eigenvalue weighted by Gasteiger charge is -2.08. The summed E-state index contributed by atoms with van der Waals surface area (Å²) in [5.74, 6) is 0.533. The molecule has 0 spiro atoms. The van der Waals surface area contributed by atoms with E-state index in [1.54, 1.807) is 18.7 Å². The van der Waals surface area contributed by atoms with Gasteiger partial charge in [-0.05, 0) is 31.2 Å². The van der Waals surface area contributed by atoms with E-state index in [4.69, 9.17) is 14.6 Å². The van der Waals surface area contributed by atoms with E-state index in [2.05, 4.69) is 5.10 Å². The average Bonchev–Trinajstić information content (AvgIpc) is 2.81. The third kappa shape index (κ3) is 3.09. The maximum atomic E-state index is 10.9. The van der Waals surface area contributed by atoms with Gasteiger partial charge in [0.1, 0.15) is 23.7 Å². The standard InChI is InChI=1S/C14H16N2O4/c1-10-13(14(17)18)9-15-16(10)7-8-20-12-5-3-11(19-2)4-6-12/h3-6,9H,7-8H2,1-2H3,(H,17,18). The van der Waals surface area contributed by atoms with Crippen molar-refractivity contribution in [1.29, 1.82) is 0 Å². The van der Waals surface area contributed by atoms with Gasteiger partial charge in [-0.3, -0.25) is 4.68 Å². The van der Waals surface area contributed by atoms with Crippen molar-refractivity contribution in [2.45, 2.75) is 13.5 Å². The topological polar surface area (TPSA) is 73.6 Å². The Morgan fingerprint density at radius 3 is 2.50 bits per heavy atom. The highest BCUT2D eigenvalue weighted by Gasteiger charge is 2.12. The Labute approximate surface area is 116 Å². The molecule has 0 aliphatic rings. The largest absolute Gasteiger partial charge is 0.497 e. The van der Waals surface area contributed by atoms with Crippen molar-refractivity contribution < 1.29 is 19.4 Å². The van der Waals surface area contributed by atoms with Crippen molar-refractivity contribution >= 4 is 5.97 Å². The second-order valence-corrected chi connectivity index (χ2v) is 4.20. The number of methoxy groups -OCH3 is 1. The van der Waals surface area contributed by atoms with Crippen LogP contribution in [0.15, 0.2) is 30.5 Å². The van der Waals surface area contributed by atoms with Crippen LogP contribution >= 0.6 is 0 Å². The first-order valence-electron chi connectivity index (χ1n) is 6.14. The van der Waals surface area contributed by atoms with Crippen LogP contribution in [0.4, 0.5) is 0 Å². The lowest BCUT2D eigenvalue weighted by atomic mass is 10.3. The Kier molecular flexibility index (Phi) is 4.24. The van der Waals surface area contributed by atoms with E-state index in [0.717, 1.165) is 11.5 Å². The lowest BCUT2D eigenvalue weighted by molar-refractivity contribution is 0.0696. The fraction of sp³-hybridized carbons (Fsp3) is 0.286. The molecule has 106 valence electrons. The van der Waals surface area contributed by atoms with Crippen LogP contribution in [0.5, 0.6) is 11.5 Å². The first-order valence-corrected chi connectivity index (χ1v) is 6.14. The van der Waals surface area contributed by atoms with Gasteiger partial charge in [0.15, 0.2) is 0 Å². The third-order valence-corrected chi connectivity index (χ3v) is 2.96. The Hall–Kier alpha value is -2.50. The SMILES string of the molecule is COc1ccc(OCCn2ncc(C(=O)O)c2C)cc1. The number of aromatic carboxylic acids is 1. The highest BCUT2D eigenvalue weighted by Crippen LogP contribution is 2.17. The molecule has 0 aliphatic carbocycles. The Balaban J connectivity index is 1.90. The Morgan fingerprint density at radius 2 is 1.95 bits per heavy atom. The summed E-state index contributed by atoms with van der Waals surface area (Å²) in [6.07, 6.45) is 1.35. The molecule has 0 amide bonds. The molecule has 6 nitrogen and oxygen atoms in total. The van der Waals surface area contributed by atoms with E-state index in [-0.39, 0.29) is 5.56 Å². The highest BCUT2D eigenvalue weighted by atomic mass is 16.5. The van der Waals surface area contributed by atoms with Crippen molar-refractivity contribution in [2.75, 3.05) is 13.7 Å². The lowest BCUT2D eigenvalue weighted by Crippen LogP contribution is -2.11. The average molecular weight is 276 g/mol. The zero-order chi connectivity index (χ0) is 14.5. The number of nitrogens with zero attached hydrogens (tertiary/aromatic N) is 2. The minimum Gasteiger partial charge on any atom is -0.497 e. The molecule has 0 bridgehead atoms. The van der Waals surface area contributed by atoms with Crippen LogP contribution in [-0.2, 0) is 6.54 Å². The van der Waals surface area contributed by atoms with Crippen LogP contribution in [0.1, 0.15) is 16.1 Å². The van der Waals surface area contributed by atoms with E-state index in [0.29, 0.717) is 18.8 Å². The predicted octanol–water partition coefficient (Wildman–Crippen LogP) is 1.98. The number of hydrogen-bond acceptors (Lipinski definition) is 4. The van der Waals surface area contributed by atoms with Crippen LogP contribution in [-0.4, -0.2) is 34.6 Å². The van der Waals surface area contributed by atoms with E-state index >= 15 is 0 Å². The van der Waals surface area contributed by atoms with Gasteiger partial charge in [-0.2, -0.15) is 5.10 Å². The zero-order valence-corrected chi connectivity index (χ0v) is 11.4. The number of ether oxygens (including phenoxy) is 2. The number of benzene rings is 1. The normalized spacial score (nSPS) is 10.3. The van der Waals surface area contributed by atoms with E-state index in [1.807, 2.05) is 24.3 Å². The molecule has 6 heteroatoms. The van der Waals surface area contributed by atoms with E-state index < -0.39 is 5.97 Å². The molecule has 1 aromatic carbocycles. The molecular formula is C14H16N2O4. The van der Waals surface area contributed by atoms with Gasteiger partial charge < -0.3 is 14.6 Å². The van der Waals surface area contributed by atoms with Crippen LogP contribution in [0.3, 0.4) is 0 Å². The summed E-state index contributed by atoms with van der Waals surface area (Å²) in [4.78, 5) is 10.9. The van der Waals surface area contributed by atoms with Crippen molar-refractivity contribution in [1.82, 2.24) is 9.78 Å². The zero-order valence-electron chi connectivity index (χ0n) is 11.4. The number of aromatic nitrogens is 2. The number of hydrogen-bond donors (Lipinski definition) is 1. The van der Waals surface area contributed by atoms with Crippen LogP contribution in [0, 0.1) is 6.92 Å². The van der Waals surface area contributed by atoms with Crippen LogP contribution in [0.2, 0.25) is 0 Å². The summed E-state index contributed by atoms with van der Waals surface area (Å²) < 4.78 is 12.2. The molecule has 1 heterocycles. The first-order chi connectivity index (χ1) is 9.61. The molecule has 0 atom stereocenters. The molecule has 0 saturated carbocycles. The maximum absolute atomic E-state index is 10.9. The number of carboxylic acid groups (broad SMARTS) is 1. The Morgan fingerprint density at radius 1 is 1.30 bits per heavy atom. The van der Waals surface area contributed by atoms with E-state index in [1.165, 1.54) is 6.20 Å². The smallest absolute Gasteiger partial charge is 0.339 e. The fourth-order valence-corrected chi connectivity index (χ4v) is 1.80. The molecule has 2 rings (SSSR count). The van der Waals surface area contributed by atoms with Gasteiger partial charge in [0.05, 0.1) is 19.9 Å². The van der Waals surface area contributed by atoms with Gasteiger partial charge in [-0.1, -0.05) is 0 Å². The first kappa shape index (κ1) is 13.9. The molecule has 2 aromatic rings.